The number of benzene rings is 1. The average Bonchev–Trinajstić information content (AvgIpc) is 2.88. The highest BCUT2D eigenvalue weighted by Crippen LogP contribution is 2.43. The van der Waals surface area contributed by atoms with Crippen molar-refractivity contribution in [2.24, 2.45) is 11.3 Å². The fourth-order valence-corrected chi connectivity index (χ4v) is 3.70. The van der Waals surface area contributed by atoms with Crippen molar-refractivity contribution < 1.29 is 14.5 Å². The van der Waals surface area contributed by atoms with E-state index >= 15 is 0 Å². The Morgan fingerprint density at radius 2 is 2.08 bits per heavy atom. The van der Waals surface area contributed by atoms with Crippen molar-refractivity contribution in [2.75, 3.05) is 6.61 Å². The maximum Gasteiger partial charge on any atom is 0.323 e. The van der Waals surface area contributed by atoms with Gasteiger partial charge in [-0.1, -0.05) is 44.5 Å². The third-order valence-electron chi connectivity index (χ3n) is 4.42. The Labute approximate surface area is 146 Å². The second-order valence-corrected chi connectivity index (χ2v) is 7.53. The van der Waals surface area contributed by atoms with Gasteiger partial charge in [0.2, 0.25) is 6.04 Å². The van der Waals surface area contributed by atoms with Gasteiger partial charge in [0.05, 0.1) is 12.5 Å². The molecular formula is C17H23ClN2O4. The summed E-state index contributed by atoms with van der Waals surface area (Å²) in [5.41, 5.74) is 0.250. The summed E-state index contributed by atoms with van der Waals surface area (Å²) < 4.78 is 5.14. The number of nitrogens with one attached hydrogen (secondary N) is 1. The number of halogens is 1. The highest BCUT2D eigenvalue weighted by Gasteiger charge is 2.58. The van der Waals surface area contributed by atoms with Crippen molar-refractivity contribution in [1.29, 1.82) is 0 Å². The van der Waals surface area contributed by atoms with Crippen molar-refractivity contribution in [3.8, 4) is 0 Å². The molecule has 0 amide bonds. The van der Waals surface area contributed by atoms with Gasteiger partial charge in [0, 0.05) is 9.95 Å². The van der Waals surface area contributed by atoms with Crippen LogP contribution in [0.25, 0.3) is 0 Å². The van der Waals surface area contributed by atoms with Crippen LogP contribution in [0.5, 0.6) is 0 Å². The van der Waals surface area contributed by atoms with E-state index in [9.17, 15) is 14.9 Å². The van der Waals surface area contributed by atoms with Crippen LogP contribution >= 0.6 is 11.6 Å². The van der Waals surface area contributed by atoms with E-state index in [0.29, 0.717) is 10.6 Å². The molecule has 1 aliphatic rings. The normalized spacial score (nSPS) is 27.0. The third-order valence-corrected chi connectivity index (χ3v) is 4.65. The van der Waals surface area contributed by atoms with E-state index in [4.69, 9.17) is 16.3 Å². The molecule has 0 aromatic heterocycles. The Bertz CT molecular complexity index is 629. The van der Waals surface area contributed by atoms with Crippen LogP contribution in [0, 0.1) is 21.4 Å². The average molecular weight is 355 g/mol. The molecule has 1 N–H and O–H groups in total. The molecule has 1 heterocycles. The zero-order valence-electron chi connectivity index (χ0n) is 14.3. The minimum Gasteiger partial charge on any atom is -0.465 e. The van der Waals surface area contributed by atoms with Gasteiger partial charge in [0.1, 0.15) is 12.1 Å². The van der Waals surface area contributed by atoms with Crippen LogP contribution in [-0.4, -0.2) is 29.6 Å². The summed E-state index contributed by atoms with van der Waals surface area (Å²) >= 11 is 6.04. The Balaban J connectivity index is 2.48. The monoisotopic (exact) mass is 354 g/mol. The Morgan fingerprint density at radius 3 is 2.58 bits per heavy atom. The molecule has 1 fully saturated rings. The summed E-state index contributed by atoms with van der Waals surface area (Å²) in [6.45, 7) is 7.67. The highest BCUT2D eigenvalue weighted by molar-refractivity contribution is 6.30. The minimum absolute atomic E-state index is 0.235. The van der Waals surface area contributed by atoms with Crippen LogP contribution in [0.2, 0.25) is 5.02 Å². The van der Waals surface area contributed by atoms with E-state index in [2.05, 4.69) is 5.32 Å². The largest absolute Gasteiger partial charge is 0.465 e. The lowest BCUT2D eigenvalue weighted by atomic mass is 9.73. The zero-order valence-corrected chi connectivity index (χ0v) is 15.0. The summed E-state index contributed by atoms with van der Waals surface area (Å²) in [5, 5.41) is 15.5. The van der Waals surface area contributed by atoms with E-state index in [1.54, 1.807) is 31.2 Å². The molecule has 2 rings (SSSR count). The molecule has 6 nitrogen and oxygen atoms in total. The predicted molar refractivity (Wildman–Crippen MR) is 91.5 cm³/mol. The molecule has 7 heteroatoms. The third kappa shape index (κ3) is 3.70. The number of carbonyl (C=O) groups is 1. The summed E-state index contributed by atoms with van der Waals surface area (Å²) in [4.78, 5) is 23.9. The van der Waals surface area contributed by atoms with Crippen LogP contribution in [0.1, 0.15) is 39.3 Å². The van der Waals surface area contributed by atoms with Gasteiger partial charge >= 0.3 is 5.97 Å². The van der Waals surface area contributed by atoms with Gasteiger partial charge in [0.25, 0.3) is 0 Å². The molecule has 0 bridgehead atoms. The van der Waals surface area contributed by atoms with Crippen LogP contribution < -0.4 is 5.32 Å². The Kier molecular flexibility index (Phi) is 5.50. The topological polar surface area (TPSA) is 81.5 Å². The summed E-state index contributed by atoms with van der Waals surface area (Å²) in [6.07, 6.45) is 0. The Morgan fingerprint density at radius 1 is 1.42 bits per heavy atom. The molecule has 1 aliphatic heterocycles. The molecular weight excluding hydrogens is 332 g/mol. The van der Waals surface area contributed by atoms with Crippen molar-refractivity contribution in [3.63, 3.8) is 0 Å². The molecule has 0 aliphatic carbocycles. The molecule has 1 saturated heterocycles. The lowest BCUT2D eigenvalue weighted by Crippen LogP contribution is -2.45. The van der Waals surface area contributed by atoms with Crippen molar-refractivity contribution in [2.45, 2.75) is 45.8 Å². The van der Waals surface area contributed by atoms with Crippen molar-refractivity contribution >= 4 is 17.6 Å². The molecule has 4 atom stereocenters. The number of hydrogen-bond donors (Lipinski definition) is 1. The van der Waals surface area contributed by atoms with Crippen LogP contribution in [0.4, 0.5) is 0 Å². The van der Waals surface area contributed by atoms with Gasteiger partial charge in [-0.05, 0) is 30.0 Å². The lowest BCUT2D eigenvalue weighted by molar-refractivity contribution is -0.535. The number of rotatable bonds is 4. The van der Waals surface area contributed by atoms with Crippen LogP contribution in [0.15, 0.2) is 24.3 Å². The van der Waals surface area contributed by atoms with Crippen molar-refractivity contribution in [3.05, 3.63) is 45.0 Å². The summed E-state index contributed by atoms with van der Waals surface area (Å²) in [6, 6.07) is 4.67. The molecule has 132 valence electrons. The number of hydrogen-bond acceptors (Lipinski definition) is 5. The first-order chi connectivity index (χ1) is 11.2. The lowest BCUT2D eigenvalue weighted by Gasteiger charge is -2.31. The van der Waals surface area contributed by atoms with Gasteiger partial charge in [-0.25, -0.2) is 0 Å². The molecule has 0 radical (unpaired) electrons. The molecule has 0 spiro atoms. The summed E-state index contributed by atoms with van der Waals surface area (Å²) in [5.74, 6) is -0.954. The minimum atomic E-state index is -0.946. The zero-order chi connectivity index (χ0) is 18.1. The molecule has 24 heavy (non-hydrogen) atoms. The van der Waals surface area contributed by atoms with Gasteiger partial charge in [-0.2, -0.15) is 0 Å². The van der Waals surface area contributed by atoms with E-state index in [-0.39, 0.29) is 11.5 Å². The maximum absolute atomic E-state index is 12.4. The number of ether oxygens (including phenoxy) is 1. The van der Waals surface area contributed by atoms with Crippen LogP contribution in [0.3, 0.4) is 0 Å². The van der Waals surface area contributed by atoms with Crippen LogP contribution in [-0.2, 0) is 9.53 Å². The number of nitro groups is 1. The van der Waals surface area contributed by atoms with Gasteiger partial charge in [-0.15, -0.1) is 0 Å². The first kappa shape index (κ1) is 18.7. The first-order valence-corrected chi connectivity index (χ1v) is 8.36. The molecule has 1 aromatic carbocycles. The second kappa shape index (κ2) is 7.07. The van der Waals surface area contributed by atoms with E-state index in [0.717, 1.165) is 0 Å². The summed E-state index contributed by atoms with van der Waals surface area (Å²) in [7, 11) is 0. The molecule has 1 aromatic rings. The Hall–Kier alpha value is -1.66. The van der Waals surface area contributed by atoms with E-state index in [1.807, 2.05) is 20.8 Å². The van der Waals surface area contributed by atoms with E-state index < -0.39 is 35.4 Å². The molecule has 0 saturated carbocycles. The fourth-order valence-electron chi connectivity index (χ4n) is 3.51. The van der Waals surface area contributed by atoms with Gasteiger partial charge in [-0.3, -0.25) is 20.2 Å². The highest BCUT2D eigenvalue weighted by atomic mass is 35.5. The fraction of sp³-hybridized carbons (Fsp3) is 0.588. The van der Waals surface area contributed by atoms with Gasteiger partial charge < -0.3 is 4.74 Å². The second-order valence-electron chi connectivity index (χ2n) is 7.10. The van der Waals surface area contributed by atoms with Crippen molar-refractivity contribution in [1.82, 2.24) is 5.32 Å². The standard InChI is InChI=1S/C17H23ClN2O4/c1-5-24-16(21)14-12(17(2,3)4)15(20(22)23)13(19-14)10-7-6-8-11(18)9-10/h6-9,12-15,19H,5H2,1-4H3/t12-,13+,14+,15+/m1/s1. The number of nitrogens with zero attached hydrogens (tertiary/aromatic N) is 1. The van der Waals surface area contributed by atoms with Gasteiger partial charge in [0.15, 0.2) is 0 Å². The maximum atomic E-state index is 12.4. The first-order valence-electron chi connectivity index (χ1n) is 7.98. The molecule has 0 unspecified atom stereocenters. The van der Waals surface area contributed by atoms with E-state index in [1.165, 1.54) is 0 Å². The number of esters is 1. The smallest absolute Gasteiger partial charge is 0.323 e. The SMILES string of the molecule is CCOC(=O)[C@H]1N[C@@H](c2cccc(Cl)c2)[C@@H]([N+](=O)[O-])[C@@H]1C(C)(C)C. The predicted octanol–water partition coefficient (Wildman–Crippen LogP) is 3.22. The quantitative estimate of drug-likeness (QED) is 0.510. The number of carbonyl (C=O) groups excluding carboxylic acids is 1.